The highest BCUT2D eigenvalue weighted by molar-refractivity contribution is 5.86. The zero-order valence-electron chi connectivity index (χ0n) is 12.6. The van der Waals surface area contributed by atoms with Gasteiger partial charge in [-0.2, -0.15) is 0 Å². The van der Waals surface area contributed by atoms with Gasteiger partial charge in [-0.05, 0) is 18.4 Å². The molecule has 2 amide bonds. The van der Waals surface area contributed by atoms with Crippen LogP contribution in [0.25, 0.3) is 0 Å². The van der Waals surface area contributed by atoms with E-state index in [9.17, 15) is 14.0 Å². The summed E-state index contributed by atoms with van der Waals surface area (Å²) in [5, 5.41) is 0. The molecule has 0 spiro atoms. The predicted molar refractivity (Wildman–Crippen MR) is 81.1 cm³/mol. The van der Waals surface area contributed by atoms with Gasteiger partial charge in [-0.15, -0.1) is 0 Å². The summed E-state index contributed by atoms with van der Waals surface area (Å²) in [5.74, 6) is 0.134. The maximum absolute atomic E-state index is 13.1. The van der Waals surface area contributed by atoms with Gasteiger partial charge < -0.3 is 9.80 Å². The number of likely N-dealkylation sites (tertiary alicyclic amines) is 2. The number of halogens is 1. The standard InChI is InChI=1S/C17H21FN2O2/c18-15-6-8-19(9-7-15)17(22)12-20-11-14(10-16(20)21)13-4-2-1-3-5-13/h1-5,14-15H,6-12H2/t14-/m1/s1. The first-order valence-electron chi connectivity index (χ1n) is 7.88. The lowest BCUT2D eigenvalue weighted by molar-refractivity contribution is -0.139. The fourth-order valence-electron chi connectivity index (χ4n) is 3.23. The highest BCUT2D eigenvalue weighted by Crippen LogP contribution is 2.28. The van der Waals surface area contributed by atoms with Crippen LogP contribution in [0.4, 0.5) is 4.39 Å². The van der Waals surface area contributed by atoms with Crippen molar-refractivity contribution in [2.75, 3.05) is 26.2 Å². The van der Waals surface area contributed by atoms with Crippen LogP contribution in [0.3, 0.4) is 0 Å². The molecule has 2 heterocycles. The van der Waals surface area contributed by atoms with Gasteiger partial charge in [-0.25, -0.2) is 4.39 Å². The average molecular weight is 304 g/mol. The van der Waals surface area contributed by atoms with Crippen LogP contribution in [0.5, 0.6) is 0 Å². The summed E-state index contributed by atoms with van der Waals surface area (Å²) < 4.78 is 13.1. The van der Waals surface area contributed by atoms with E-state index in [0.29, 0.717) is 38.9 Å². The van der Waals surface area contributed by atoms with E-state index in [0.717, 1.165) is 5.56 Å². The lowest BCUT2D eigenvalue weighted by atomic mass is 9.99. The first-order valence-corrected chi connectivity index (χ1v) is 7.88. The van der Waals surface area contributed by atoms with Crippen molar-refractivity contribution in [2.45, 2.75) is 31.4 Å². The Kier molecular flexibility index (Phi) is 4.41. The van der Waals surface area contributed by atoms with Gasteiger partial charge in [0.2, 0.25) is 11.8 Å². The first kappa shape index (κ1) is 15.0. The Morgan fingerprint density at radius 3 is 2.55 bits per heavy atom. The molecule has 2 fully saturated rings. The van der Waals surface area contributed by atoms with Crippen LogP contribution in [0, 0.1) is 0 Å². The maximum atomic E-state index is 13.1. The minimum absolute atomic E-state index is 0.0302. The lowest BCUT2D eigenvalue weighted by Crippen LogP contribution is -2.44. The summed E-state index contributed by atoms with van der Waals surface area (Å²) in [5.41, 5.74) is 1.14. The number of carbonyl (C=O) groups excluding carboxylic acids is 2. The van der Waals surface area contributed by atoms with Gasteiger partial charge in [-0.1, -0.05) is 30.3 Å². The van der Waals surface area contributed by atoms with Gasteiger partial charge in [0.15, 0.2) is 0 Å². The number of hydrogen-bond donors (Lipinski definition) is 0. The van der Waals surface area contributed by atoms with Gasteiger partial charge >= 0.3 is 0 Å². The van der Waals surface area contributed by atoms with Crippen molar-refractivity contribution in [3.8, 4) is 0 Å². The largest absolute Gasteiger partial charge is 0.341 e. The smallest absolute Gasteiger partial charge is 0.242 e. The third-order valence-electron chi connectivity index (χ3n) is 4.59. The van der Waals surface area contributed by atoms with Crippen molar-refractivity contribution in [2.24, 2.45) is 0 Å². The summed E-state index contributed by atoms with van der Waals surface area (Å²) in [7, 11) is 0. The van der Waals surface area contributed by atoms with Crippen LogP contribution in [-0.2, 0) is 9.59 Å². The van der Waals surface area contributed by atoms with Crippen LogP contribution in [-0.4, -0.2) is 54.0 Å². The number of amides is 2. The second-order valence-corrected chi connectivity index (χ2v) is 6.14. The summed E-state index contributed by atoms with van der Waals surface area (Å²) >= 11 is 0. The van der Waals surface area contributed by atoms with Crippen molar-refractivity contribution in [1.82, 2.24) is 9.80 Å². The highest BCUT2D eigenvalue weighted by Gasteiger charge is 2.33. The molecule has 3 rings (SSSR count). The number of benzene rings is 1. The van der Waals surface area contributed by atoms with Crippen LogP contribution < -0.4 is 0 Å². The Bertz CT molecular complexity index is 541. The molecule has 5 heteroatoms. The molecule has 4 nitrogen and oxygen atoms in total. The van der Waals surface area contributed by atoms with Gasteiger partial charge in [0.1, 0.15) is 6.17 Å². The molecule has 0 saturated carbocycles. The number of carbonyl (C=O) groups is 2. The van der Waals surface area contributed by atoms with E-state index >= 15 is 0 Å². The van der Waals surface area contributed by atoms with E-state index in [1.165, 1.54) is 0 Å². The molecule has 22 heavy (non-hydrogen) atoms. The second-order valence-electron chi connectivity index (χ2n) is 6.14. The molecule has 118 valence electrons. The molecule has 0 aliphatic carbocycles. The van der Waals surface area contributed by atoms with Gasteiger partial charge in [0.05, 0.1) is 6.54 Å². The van der Waals surface area contributed by atoms with Crippen molar-refractivity contribution >= 4 is 11.8 Å². The van der Waals surface area contributed by atoms with E-state index in [2.05, 4.69) is 0 Å². The summed E-state index contributed by atoms with van der Waals surface area (Å²) in [6.45, 7) is 1.64. The Morgan fingerprint density at radius 2 is 1.86 bits per heavy atom. The monoisotopic (exact) mass is 304 g/mol. The lowest BCUT2D eigenvalue weighted by Gasteiger charge is -2.30. The molecule has 0 unspecified atom stereocenters. The summed E-state index contributed by atoms with van der Waals surface area (Å²) in [6, 6.07) is 9.93. The van der Waals surface area contributed by atoms with Gasteiger partial charge in [0, 0.05) is 32.0 Å². The molecule has 1 atom stereocenters. The van der Waals surface area contributed by atoms with Crippen LogP contribution in [0.1, 0.15) is 30.7 Å². The fourth-order valence-corrected chi connectivity index (χ4v) is 3.23. The van der Waals surface area contributed by atoms with E-state index in [-0.39, 0.29) is 24.3 Å². The normalized spacial score (nSPS) is 23.1. The molecule has 0 radical (unpaired) electrons. The number of rotatable bonds is 3. The van der Waals surface area contributed by atoms with E-state index < -0.39 is 6.17 Å². The second kappa shape index (κ2) is 6.46. The minimum Gasteiger partial charge on any atom is -0.341 e. The Morgan fingerprint density at radius 1 is 1.18 bits per heavy atom. The topological polar surface area (TPSA) is 40.6 Å². The molecule has 1 aromatic carbocycles. The molecule has 1 aromatic rings. The molecular formula is C17H21FN2O2. The number of hydrogen-bond acceptors (Lipinski definition) is 2. The Labute approximate surface area is 129 Å². The highest BCUT2D eigenvalue weighted by atomic mass is 19.1. The van der Waals surface area contributed by atoms with E-state index in [4.69, 9.17) is 0 Å². The van der Waals surface area contributed by atoms with E-state index in [1.807, 2.05) is 30.3 Å². The molecule has 0 aromatic heterocycles. The average Bonchev–Trinajstić information content (AvgIpc) is 2.90. The van der Waals surface area contributed by atoms with E-state index in [1.54, 1.807) is 9.80 Å². The maximum Gasteiger partial charge on any atom is 0.242 e. The number of piperidine rings is 1. The van der Waals surface area contributed by atoms with Gasteiger partial charge in [-0.3, -0.25) is 9.59 Å². The van der Waals surface area contributed by atoms with Crippen molar-refractivity contribution in [1.29, 1.82) is 0 Å². The summed E-state index contributed by atoms with van der Waals surface area (Å²) in [6.07, 6.45) is 0.489. The zero-order chi connectivity index (χ0) is 15.5. The predicted octanol–water partition coefficient (Wildman–Crippen LogP) is 1.96. The number of alkyl halides is 1. The van der Waals surface area contributed by atoms with Crippen molar-refractivity contribution < 1.29 is 14.0 Å². The van der Waals surface area contributed by atoms with Gasteiger partial charge in [0.25, 0.3) is 0 Å². The Hall–Kier alpha value is -1.91. The molecule has 0 N–H and O–H groups in total. The summed E-state index contributed by atoms with van der Waals surface area (Å²) in [4.78, 5) is 27.7. The van der Waals surface area contributed by atoms with Crippen LogP contribution in [0.2, 0.25) is 0 Å². The van der Waals surface area contributed by atoms with Crippen molar-refractivity contribution in [3.05, 3.63) is 35.9 Å². The fraction of sp³-hybridized carbons (Fsp3) is 0.529. The van der Waals surface area contributed by atoms with Crippen LogP contribution >= 0.6 is 0 Å². The SMILES string of the molecule is O=C(CN1C[C@H](c2ccccc2)CC1=O)N1CCC(F)CC1. The molecule has 2 saturated heterocycles. The zero-order valence-corrected chi connectivity index (χ0v) is 12.6. The quantitative estimate of drug-likeness (QED) is 0.856. The number of nitrogens with zero attached hydrogens (tertiary/aromatic N) is 2. The Balaban J connectivity index is 1.57. The molecular weight excluding hydrogens is 283 g/mol. The molecule has 2 aliphatic rings. The first-order chi connectivity index (χ1) is 10.6. The van der Waals surface area contributed by atoms with Crippen LogP contribution in [0.15, 0.2) is 30.3 Å². The van der Waals surface area contributed by atoms with Crippen molar-refractivity contribution in [3.63, 3.8) is 0 Å². The molecule has 0 bridgehead atoms. The minimum atomic E-state index is -0.792. The third kappa shape index (κ3) is 3.29. The molecule has 2 aliphatic heterocycles. The third-order valence-corrected chi connectivity index (χ3v) is 4.59.